The molecule has 2 rings (SSSR count). The molecule has 0 bridgehead atoms. The Hall–Kier alpha value is -1.84. The van der Waals surface area contributed by atoms with Gasteiger partial charge in [-0.3, -0.25) is 9.36 Å². The molecule has 22 heavy (non-hydrogen) atoms. The summed E-state index contributed by atoms with van der Waals surface area (Å²) < 4.78 is 6.69. The van der Waals surface area contributed by atoms with Gasteiger partial charge in [0, 0.05) is 26.6 Å². The molecule has 1 atom stereocenters. The van der Waals surface area contributed by atoms with Crippen molar-refractivity contribution in [2.24, 2.45) is 0 Å². The molecule has 124 valence electrons. The summed E-state index contributed by atoms with van der Waals surface area (Å²) in [6.45, 7) is 2.79. The maximum Gasteiger partial charge on any atom is 0.280 e. The quantitative estimate of drug-likeness (QED) is 0.556. The van der Waals surface area contributed by atoms with Gasteiger partial charge in [-0.25, -0.2) is 0 Å². The number of nitrogen functional groups attached to an aromatic ring is 1. The molecule has 0 saturated heterocycles. The lowest BCUT2D eigenvalue weighted by molar-refractivity contribution is -0.108. The van der Waals surface area contributed by atoms with Crippen molar-refractivity contribution in [3.8, 4) is 0 Å². The Balaban J connectivity index is 2.24. The molecular formula is C13H23N5O4. The third-order valence-electron chi connectivity index (χ3n) is 3.47. The lowest BCUT2D eigenvalue weighted by atomic mass is 10.4. The average molecular weight is 313 g/mol. The monoisotopic (exact) mass is 313 g/mol. The maximum absolute atomic E-state index is 12.5. The van der Waals surface area contributed by atoms with Crippen LogP contribution in [0.4, 0.5) is 17.5 Å². The molecule has 2 heterocycles. The normalized spacial score (nSPS) is 15.3. The molecule has 9 nitrogen and oxygen atoms in total. The van der Waals surface area contributed by atoms with Crippen LogP contribution >= 0.6 is 0 Å². The molecule has 1 aromatic rings. The number of nitrogens with zero attached hydrogens (tertiary/aromatic N) is 4. The molecule has 0 saturated carbocycles. The van der Waals surface area contributed by atoms with Gasteiger partial charge in [0.1, 0.15) is 12.4 Å². The first-order valence-corrected chi connectivity index (χ1v) is 7.26. The number of aromatic nitrogens is 2. The number of hydrogen-bond acceptors (Lipinski definition) is 8. The molecule has 1 unspecified atom stereocenters. The van der Waals surface area contributed by atoms with Crippen LogP contribution in [0.1, 0.15) is 19.8 Å². The number of hydrogen-bond donors (Lipinski definition) is 3. The third-order valence-corrected chi connectivity index (χ3v) is 3.47. The van der Waals surface area contributed by atoms with Gasteiger partial charge < -0.3 is 30.5 Å². The minimum atomic E-state index is -1.06. The minimum absolute atomic E-state index is 0.0577. The second kappa shape index (κ2) is 6.95. The van der Waals surface area contributed by atoms with Gasteiger partial charge in [-0.05, 0) is 6.42 Å². The van der Waals surface area contributed by atoms with Crippen molar-refractivity contribution in [3.63, 3.8) is 0 Å². The van der Waals surface area contributed by atoms with Crippen molar-refractivity contribution in [2.45, 2.75) is 32.6 Å². The van der Waals surface area contributed by atoms with Gasteiger partial charge in [-0.2, -0.15) is 4.98 Å². The number of ether oxygens (including phenoxy) is 1. The first-order chi connectivity index (χ1) is 10.5. The molecule has 0 radical (unpaired) electrons. The Bertz CT molecular complexity index is 576. The van der Waals surface area contributed by atoms with Gasteiger partial charge in [0.05, 0.1) is 6.67 Å². The van der Waals surface area contributed by atoms with Crippen molar-refractivity contribution in [1.82, 2.24) is 9.55 Å². The molecule has 1 aromatic heterocycles. The Morgan fingerprint density at radius 3 is 2.86 bits per heavy atom. The Kier molecular flexibility index (Phi) is 5.22. The molecule has 4 N–H and O–H groups in total. The smallest absolute Gasteiger partial charge is 0.280 e. The predicted octanol–water partition coefficient (Wildman–Crippen LogP) is -0.876. The van der Waals surface area contributed by atoms with E-state index in [4.69, 9.17) is 15.6 Å². The third kappa shape index (κ3) is 3.16. The molecule has 0 aromatic carbocycles. The summed E-state index contributed by atoms with van der Waals surface area (Å²) in [6.07, 6.45) is -0.143. The summed E-state index contributed by atoms with van der Waals surface area (Å²) in [5.74, 6) is 0.621. The van der Waals surface area contributed by atoms with Gasteiger partial charge in [0.2, 0.25) is 5.95 Å². The summed E-state index contributed by atoms with van der Waals surface area (Å²) in [5, 5.41) is 18.3. The summed E-state index contributed by atoms with van der Waals surface area (Å²) in [5.41, 5.74) is 6.17. The van der Waals surface area contributed by atoms with Crippen molar-refractivity contribution in [2.75, 3.05) is 42.6 Å². The summed E-state index contributed by atoms with van der Waals surface area (Å²) in [7, 11) is 1.79. The number of anilines is 3. The first kappa shape index (κ1) is 16.5. The van der Waals surface area contributed by atoms with Gasteiger partial charge in [-0.1, -0.05) is 6.92 Å². The molecule has 0 spiro atoms. The van der Waals surface area contributed by atoms with E-state index in [1.165, 1.54) is 4.57 Å². The van der Waals surface area contributed by atoms with E-state index in [0.717, 1.165) is 6.42 Å². The zero-order valence-corrected chi connectivity index (χ0v) is 12.9. The van der Waals surface area contributed by atoms with Crippen molar-refractivity contribution in [1.29, 1.82) is 0 Å². The van der Waals surface area contributed by atoms with E-state index in [1.807, 2.05) is 6.92 Å². The van der Waals surface area contributed by atoms with E-state index >= 15 is 0 Å². The van der Waals surface area contributed by atoms with Crippen molar-refractivity contribution < 1.29 is 14.9 Å². The van der Waals surface area contributed by atoms with E-state index in [1.54, 1.807) is 16.8 Å². The Labute approximate surface area is 128 Å². The highest BCUT2D eigenvalue weighted by molar-refractivity contribution is 5.72. The van der Waals surface area contributed by atoms with E-state index < -0.39 is 6.29 Å². The SMILES string of the molecule is CCCn1c(N)nc2c(c1=O)N(C)CN2COC(O)CCO. The van der Waals surface area contributed by atoms with Crippen LogP contribution in [0.15, 0.2) is 4.79 Å². The summed E-state index contributed by atoms with van der Waals surface area (Å²) >= 11 is 0. The Morgan fingerprint density at radius 1 is 1.50 bits per heavy atom. The van der Waals surface area contributed by atoms with Crippen LogP contribution in [0.2, 0.25) is 0 Å². The molecule has 1 aliphatic rings. The van der Waals surface area contributed by atoms with Gasteiger partial charge in [0.25, 0.3) is 5.56 Å². The lowest BCUT2D eigenvalue weighted by Gasteiger charge is -2.20. The standard InChI is InChI=1S/C13H23N5O4/c1-3-5-18-12(21)10-11(15-13(18)14)17(7-16(10)2)8-22-9(20)4-6-19/h9,19-20H,3-8H2,1-2H3,(H2,14,15). The molecule has 0 aliphatic carbocycles. The van der Waals surface area contributed by atoms with Crippen molar-refractivity contribution in [3.05, 3.63) is 10.4 Å². The highest BCUT2D eigenvalue weighted by Crippen LogP contribution is 2.30. The van der Waals surface area contributed by atoms with Crippen molar-refractivity contribution >= 4 is 17.5 Å². The van der Waals surface area contributed by atoms with Crippen LogP contribution in [-0.4, -0.2) is 53.1 Å². The van der Waals surface area contributed by atoms with Crippen LogP contribution in [0.3, 0.4) is 0 Å². The van der Waals surface area contributed by atoms with Crippen LogP contribution in [0.5, 0.6) is 0 Å². The number of nitrogens with two attached hydrogens (primary N) is 1. The van der Waals surface area contributed by atoms with Crippen LogP contribution in [-0.2, 0) is 11.3 Å². The number of aliphatic hydroxyl groups excluding tert-OH is 2. The fraction of sp³-hybridized carbons (Fsp3) is 0.692. The second-order valence-corrected chi connectivity index (χ2v) is 5.24. The zero-order valence-electron chi connectivity index (χ0n) is 12.9. The summed E-state index contributed by atoms with van der Waals surface area (Å²) in [4.78, 5) is 20.3. The zero-order chi connectivity index (χ0) is 16.3. The van der Waals surface area contributed by atoms with E-state index in [2.05, 4.69) is 4.98 Å². The fourth-order valence-corrected chi connectivity index (χ4v) is 2.41. The van der Waals surface area contributed by atoms with E-state index in [0.29, 0.717) is 24.7 Å². The highest BCUT2D eigenvalue weighted by atomic mass is 16.6. The second-order valence-electron chi connectivity index (χ2n) is 5.24. The van der Waals surface area contributed by atoms with Crippen LogP contribution in [0.25, 0.3) is 0 Å². The predicted molar refractivity (Wildman–Crippen MR) is 82.6 cm³/mol. The van der Waals surface area contributed by atoms with Gasteiger partial charge in [-0.15, -0.1) is 0 Å². The fourth-order valence-electron chi connectivity index (χ4n) is 2.41. The maximum atomic E-state index is 12.5. The van der Waals surface area contributed by atoms with Crippen LogP contribution in [0, 0.1) is 0 Å². The molecular weight excluding hydrogens is 290 g/mol. The average Bonchev–Trinajstić information content (AvgIpc) is 2.77. The Morgan fingerprint density at radius 2 is 2.23 bits per heavy atom. The molecule has 0 amide bonds. The van der Waals surface area contributed by atoms with Gasteiger partial charge in [0.15, 0.2) is 12.1 Å². The van der Waals surface area contributed by atoms with Crippen LogP contribution < -0.4 is 21.1 Å². The first-order valence-electron chi connectivity index (χ1n) is 7.26. The number of fused-ring (bicyclic) bond motifs is 1. The molecule has 0 fully saturated rings. The number of aliphatic hydroxyl groups is 2. The lowest BCUT2D eigenvalue weighted by Crippen LogP contribution is -2.33. The highest BCUT2D eigenvalue weighted by Gasteiger charge is 2.30. The molecule has 9 heteroatoms. The number of rotatable bonds is 7. The van der Waals surface area contributed by atoms with Gasteiger partial charge >= 0.3 is 0 Å². The minimum Gasteiger partial charge on any atom is -0.396 e. The summed E-state index contributed by atoms with van der Waals surface area (Å²) in [6, 6.07) is 0. The molecule has 1 aliphatic heterocycles. The van der Waals surface area contributed by atoms with E-state index in [-0.39, 0.29) is 31.3 Å². The van der Waals surface area contributed by atoms with E-state index in [9.17, 15) is 9.90 Å². The largest absolute Gasteiger partial charge is 0.396 e. The topological polar surface area (TPSA) is 117 Å².